The highest BCUT2D eigenvalue weighted by Crippen LogP contribution is 2.30. The number of benzene rings is 1. The van der Waals surface area contributed by atoms with Gasteiger partial charge in [0.15, 0.2) is 0 Å². The van der Waals surface area contributed by atoms with Crippen molar-refractivity contribution in [2.75, 3.05) is 19.6 Å². The highest BCUT2D eigenvalue weighted by molar-refractivity contribution is 7.20. The van der Waals surface area contributed by atoms with E-state index >= 15 is 0 Å². The van der Waals surface area contributed by atoms with Crippen LogP contribution >= 0.6 is 11.3 Å². The second-order valence-corrected chi connectivity index (χ2v) is 7.42. The molecule has 0 bridgehead atoms. The molecular formula is C16H19N3O3S. The van der Waals surface area contributed by atoms with Crippen molar-refractivity contribution in [3.05, 3.63) is 39.3 Å². The van der Waals surface area contributed by atoms with E-state index in [2.05, 4.69) is 17.6 Å². The standard InChI is InChI=1S/C16H19N3O3S/c1-16(4-6-17-7-5-16)10-18-15(20)14-9-11-8-12(19(21)22)2-3-13(11)23-14/h2-3,8-9,17H,4-7,10H2,1H3,(H,18,20). The van der Waals surface area contributed by atoms with Crippen LogP contribution in [0, 0.1) is 15.5 Å². The zero-order valence-electron chi connectivity index (χ0n) is 12.9. The van der Waals surface area contributed by atoms with Gasteiger partial charge in [0.25, 0.3) is 11.6 Å². The molecule has 1 aliphatic rings. The number of hydrogen-bond donors (Lipinski definition) is 2. The van der Waals surface area contributed by atoms with Crippen LogP contribution in [-0.2, 0) is 0 Å². The molecule has 1 amide bonds. The zero-order valence-corrected chi connectivity index (χ0v) is 13.7. The molecule has 2 heterocycles. The number of thiophene rings is 1. The summed E-state index contributed by atoms with van der Waals surface area (Å²) < 4.78 is 0.883. The minimum Gasteiger partial charge on any atom is -0.351 e. The lowest BCUT2D eigenvalue weighted by atomic mass is 9.81. The molecule has 2 N–H and O–H groups in total. The average Bonchev–Trinajstić information content (AvgIpc) is 2.96. The van der Waals surface area contributed by atoms with Gasteiger partial charge >= 0.3 is 0 Å². The summed E-state index contributed by atoms with van der Waals surface area (Å²) in [6.45, 7) is 4.82. The molecule has 23 heavy (non-hydrogen) atoms. The number of fused-ring (bicyclic) bond motifs is 1. The lowest BCUT2D eigenvalue weighted by Gasteiger charge is -2.34. The first-order valence-corrected chi connectivity index (χ1v) is 8.45. The van der Waals surface area contributed by atoms with Gasteiger partial charge in [-0.2, -0.15) is 0 Å². The lowest BCUT2D eigenvalue weighted by Crippen LogP contribution is -2.42. The Kier molecular flexibility index (Phi) is 4.32. The van der Waals surface area contributed by atoms with Gasteiger partial charge in [0.05, 0.1) is 9.80 Å². The van der Waals surface area contributed by atoms with Crippen LogP contribution in [0.2, 0.25) is 0 Å². The number of hydrogen-bond acceptors (Lipinski definition) is 5. The summed E-state index contributed by atoms with van der Waals surface area (Å²) in [7, 11) is 0. The molecular weight excluding hydrogens is 314 g/mol. The Morgan fingerprint density at radius 2 is 2.13 bits per heavy atom. The number of nitro benzene ring substituents is 1. The van der Waals surface area contributed by atoms with Crippen LogP contribution in [0.3, 0.4) is 0 Å². The maximum atomic E-state index is 12.4. The molecule has 0 saturated carbocycles. The maximum Gasteiger partial charge on any atom is 0.270 e. The summed E-state index contributed by atoms with van der Waals surface area (Å²) in [5.41, 5.74) is 0.181. The van der Waals surface area contributed by atoms with Crippen molar-refractivity contribution in [1.29, 1.82) is 0 Å². The fourth-order valence-corrected chi connectivity index (χ4v) is 3.80. The molecule has 2 aromatic rings. The molecule has 0 radical (unpaired) electrons. The van der Waals surface area contributed by atoms with E-state index in [1.165, 1.54) is 23.5 Å². The molecule has 1 aromatic carbocycles. The summed E-state index contributed by atoms with van der Waals surface area (Å²) in [6.07, 6.45) is 2.10. The van der Waals surface area contributed by atoms with Crippen LogP contribution in [0.5, 0.6) is 0 Å². The highest BCUT2D eigenvalue weighted by Gasteiger charge is 2.27. The minimum atomic E-state index is -0.422. The quantitative estimate of drug-likeness (QED) is 0.665. The Hall–Kier alpha value is -1.99. The van der Waals surface area contributed by atoms with Crippen LogP contribution in [0.1, 0.15) is 29.4 Å². The van der Waals surface area contributed by atoms with Gasteiger partial charge in [-0.3, -0.25) is 14.9 Å². The monoisotopic (exact) mass is 333 g/mol. The molecule has 1 aromatic heterocycles. The van der Waals surface area contributed by atoms with Crippen LogP contribution in [0.4, 0.5) is 5.69 Å². The van der Waals surface area contributed by atoms with E-state index in [1.54, 1.807) is 12.1 Å². The van der Waals surface area contributed by atoms with Crippen molar-refractivity contribution >= 4 is 33.0 Å². The maximum absolute atomic E-state index is 12.4. The van der Waals surface area contributed by atoms with Crippen molar-refractivity contribution in [3.8, 4) is 0 Å². The molecule has 0 unspecified atom stereocenters. The first kappa shape index (κ1) is 15.9. The number of carbonyl (C=O) groups excluding carboxylic acids is 1. The number of piperidine rings is 1. The molecule has 1 fully saturated rings. The van der Waals surface area contributed by atoms with Gasteiger partial charge < -0.3 is 10.6 Å². The van der Waals surface area contributed by atoms with Crippen LogP contribution in [0.15, 0.2) is 24.3 Å². The fraction of sp³-hybridized carbons (Fsp3) is 0.438. The number of nitro groups is 1. The zero-order chi connectivity index (χ0) is 16.4. The number of carbonyl (C=O) groups is 1. The smallest absolute Gasteiger partial charge is 0.270 e. The minimum absolute atomic E-state index is 0.0458. The van der Waals surface area contributed by atoms with Gasteiger partial charge in [0, 0.05) is 28.8 Å². The number of nitrogens with one attached hydrogen (secondary N) is 2. The lowest BCUT2D eigenvalue weighted by molar-refractivity contribution is -0.384. The molecule has 6 nitrogen and oxygen atoms in total. The van der Waals surface area contributed by atoms with Gasteiger partial charge in [-0.1, -0.05) is 6.92 Å². The van der Waals surface area contributed by atoms with Crippen LogP contribution in [0.25, 0.3) is 10.1 Å². The van der Waals surface area contributed by atoms with Gasteiger partial charge in [-0.25, -0.2) is 0 Å². The van der Waals surface area contributed by atoms with Crippen LogP contribution in [-0.4, -0.2) is 30.5 Å². The predicted molar refractivity (Wildman–Crippen MR) is 91.0 cm³/mol. The highest BCUT2D eigenvalue weighted by atomic mass is 32.1. The third kappa shape index (κ3) is 3.51. The molecule has 1 aliphatic heterocycles. The number of amides is 1. The van der Waals surface area contributed by atoms with E-state index in [9.17, 15) is 14.9 Å². The topological polar surface area (TPSA) is 84.3 Å². The van der Waals surface area contributed by atoms with Crippen molar-refractivity contribution < 1.29 is 9.72 Å². The van der Waals surface area contributed by atoms with Crippen molar-refractivity contribution in [2.24, 2.45) is 5.41 Å². The van der Waals surface area contributed by atoms with E-state index in [1.807, 2.05) is 0 Å². The number of nitrogens with zero attached hydrogens (tertiary/aromatic N) is 1. The fourth-order valence-electron chi connectivity index (χ4n) is 2.84. The van der Waals surface area contributed by atoms with E-state index in [0.29, 0.717) is 11.4 Å². The Morgan fingerprint density at radius 3 is 2.83 bits per heavy atom. The SMILES string of the molecule is CC1(CNC(=O)c2cc3cc([N+](=O)[O-])ccc3s2)CCNCC1. The second-order valence-electron chi connectivity index (χ2n) is 6.33. The van der Waals surface area contributed by atoms with Gasteiger partial charge in [-0.15, -0.1) is 11.3 Å². The summed E-state index contributed by atoms with van der Waals surface area (Å²) in [5, 5.41) is 17.9. The summed E-state index contributed by atoms with van der Waals surface area (Å²) in [4.78, 5) is 23.4. The molecule has 122 valence electrons. The van der Waals surface area contributed by atoms with Crippen molar-refractivity contribution in [2.45, 2.75) is 19.8 Å². The Bertz CT molecular complexity index is 750. The molecule has 7 heteroatoms. The largest absolute Gasteiger partial charge is 0.351 e. The predicted octanol–water partition coefficient (Wildman–Crippen LogP) is 2.93. The first-order chi connectivity index (χ1) is 11.0. The summed E-state index contributed by atoms with van der Waals surface area (Å²) in [5.74, 6) is -0.103. The van der Waals surface area contributed by atoms with Gasteiger partial charge in [0.2, 0.25) is 0 Å². The normalized spacial score (nSPS) is 17.1. The molecule has 0 aliphatic carbocycles. The molecule has 3 rings (SSSR count). The van der Waals surface area contributed by atoms with Gasteiger partial charge in [-0.05, 0) is 43.5 Å². The number of non-ortho nitro benzene ring substituents is 1. The second kappa shape index (κ2) is 6.25. The Labute approximate surface area is 138 Å². The third-order valence-corrected chi connectivity index (χ3v) is 5.54. The van der Waals surface area contributed by atoms with Crippen molar-refractivity contribution in [1.82, 2.24) is 10.6 Å². The Morgan fingerprint density at radius 1 is 1.39 bits per heavy atom. The Balaban J connectivity index is 1.72. The van der Waals surface area contributed by atoms with Crippen molar-refractivity contribution in [3.63, 3.8) is 0 Å². The van der Waals surface area contributed by atoms with E-state index in [-0.39, 0.29) is 17.0 Å². The van der Waals surface area contributed by atoms with E-state index in [0.717, 1.165) is 36.0 Å². The van der Waals surface area contributed by atoms with Gasteiger partial charge in [0.1, 0.15) is 0 Å². The summed E-state index contributed by atoms with van der Waals surface area (Å²) in [6, 6.07) is 6.41. The number of rotatable bonds is 4. The van der Waals surface area contributed by atoms with Crippen LogP contribution < -0.4 is 10.6 Å². The average molecular weight is 333 g/mol. The summed E-state index contributed by atoms with van der Waals surface area (Å²) >= 11 is 1.36. The molecule has 0 spiro atoms. The van der Waals surface area contributed by atoms with E-state index < -0.39 is 4.92 Å². The first-order valence-electron chi connectivity index (χ1n) is 7.64. The third-order valence-electron chi connectivity index (χ3n) is 4.42. The molecule has 1 saturated heterocycles. The molecule has 0 atom stereocenters. The van der Waals surface area contributed by atoms with E-state index in [4.69, 9.17) is 0 Å².